The lowest BCUT2D eigenvalue weighted by molar-refractivity contribution is -0.132. The van der Waals surface area contributed by atoms with E-state index in [-0.39, 0.29) is 17.7 Å². The van der Waals surface area contributed by atoms with Gasteiger partial charge in [-0.25, -0.2) is 0 Å². The van der Waals surface area contributed by atoms with Crippen molar-refractivity contribution in [2.75, 3.05) is 40.3 Å². The van der Waals surface area contributed by atoms with Crippen LogP contribution in [0.4, 0.5) is 0 Å². The van der Waals surface area contributed by atoms with E-state index in [2.05, 4.69) is 15.4 Å². The summed E-state index contributed by atoms with van der Waals surface area (Å²) in [6.45, 7) is 2.48. The molecule has 1 aliphatic heterocycles. The fourth-order valence-electron chi connectivity index (χ4n) is 2.56. The van der Waals surface area contributed by atoms with Crippen LogP contribution in [-0.2, 0) is 16.0 Å². The molecule has 1 saturated heterocycles. The predicted octanol–water partition coefficient (Wildman–Crippen LogP) is 0.397. The second kappa shape index (κ2) is 7.60. The predicted molar refractivity (Wildman–Crippen MR) is 81.5 cm³/mol. The molecule has 0 aliphatic carbocycles. The SMILES string of the molecule is CNC(=O)[C@H]1CN(C)CCN(C(=O)CCc2cc(Cl)no2)C1. The van der Waals surface area contributed by atoms with E-state index in [0.29, 0.717) is 43.4 Å². The molecule has 2 rings (SSSR count). The molecule has 0 radical (unpaired) electrons. The summed E-state index contributed by atoms with van der Waals surface area (Å²) in [7, 11) is 3.58. The first-order valence-electron chi connectivity index (χ1n) is 7.28. The number of carbonyl (C=O) groups excluding carboxylic acids is 2. The number of nitrogens with one attached hydrogen (secondary N) is 1. The van der Waals surface area contributed by atoms with Crippen molar-refractivity contribution < 1.29 is 14.1 Å². The summed E-state index contributed by atoms with van der Waals surface area (Å²) in [5.74, 6) is 0.361. The van der Waals surface area contributed by atoms with E-state index < -0.39 is 0 Å². The monoisotopic (exact) mass is 328 g/mol. The number of hydrogen-bond donors (Lipinski definition) is 1. The van der Waals surface area contributed by atoms with Crippen molar-refractivity contribution in [1.29, 1.82) is 0 Å². The Morgan fingerprint density at radius 1 is 1.45 bits per heavy atom. The summed E-state index contributed by atoms with van der Waals surface area (Å²) in [6, 6.07) is 1.61. The Hall–Kier alpha value is -1.60. The number of rotatable bonds is 4. The van der Waals surface area contributed by atoms with Crippen molar-refractivity contribution in [1.82, 2.24) is 20.3 Å². The highest BCUT2D eigenvalue weighted by Gasteiger charge is 2.28. The maximum atomic E-state index is 12.4. The van der Waals surface area contributed by atoms with Crippen LogP contribution in [0.3, 0.4) is 0 Å². The van der Waals surface area contributed by atoms with Gasteiger partial charge >= 0.3 is 0 Å². The highest BCUT2D eigenvalue weighted by atomic mass is 35.5. The van der Waals surface area contributed by atoms with E-state index in [1.165, 1.54) is 0 Å². The van der Waals surface area contributed by atoms with Crippen LogP contribution in [0.15, 0.2) is 10.6 Å². The highest BCUT2D eigenvalue weighted by Crippen LogP contribution is 2.14. The Kier molecular flexibility index (Phi) is 5.79. The van der Waals surface area contributed by atoms with Crippen molar-refractivity contribution in [3.05, 3.63) is 17.0 Å². The maximum absolute atomic E-state index is 12.4. The number of halogens is 1. The quantitative estimate of drug-likeness (QED) is 0.865. The Morgan fingerprint density at radius 3 is 2.86 bits per heavy atom. The summed E-state index contributed by atoms with van der Waals surface area (Å²) in [5, 5.41) is 6.54. The molecule has 1 aromatic heterocycles. The molecule has 0 spiro atoms. The summed E-state index contributed by atoms with van der Waals surface area (Å²) < 4.78 is 5.00. The zero-order valence-corrected chi connectivity index (χ0v) is 13.6. The van der Waals surface area contributed by atoms with Gasteiger partial charge in [-0.1, -0.05) is 16.8 Å². The van der Waals surface area contributed by atoms with Crippen molar-refractivity contribution in [3.8, 4) is 0 Å². The number of aryl methyl sites for hydroxylation is 1. The molecule has 1 N–H and O–H groups in total. The largest absolute Gasteiger partial charge is 0.360 e. The second-order valence-electron chi connectivity index (χ2n) is 5.53. The van der Waals surface area contributed by atoms with E-state index >= 15 is 0 Å². The minimum absolute atomic E-state index is 0.0109. The molecule has 1 fully saturated rings. The van der Waals surface area contributed by atoms with Crippen LogP contribution >= 0.6 is 11.6 Å². The van der Waals surface area contributed by atoms with Gasteiger partial charge in [-0.05, 0) is 7.05 Å². The smallest absolute Gasteiger partial charge is 0.225 e. The van der Waals surface area contributed by atoms with E-state index in [0.717, 1.165) is 6.54 Å². The molecule has 1 aromatic rings. The third kappa shape index (κ3) is 4.45. The van der Waals surface area contributed by atoms with Crippen LogP contribution in [0.5, 0.6) is 0 Å². The third-order valence-electron chi connectivity index (χ3n) is 3.81. The Balaban J connectivity index is 1.93. The molecule has 1 atom stereocenters. The average molecular weight is 329 g/mol. The molecule has 1 aliphatic rings. The number of likely N-dealkylation sites (N-methyl/N-ethyl adjacent to an activating group) is 1. The zero-order valence-electron chi connectivity index (χ0n) is 12.8. The maximum Gasteiger partial charge on any atom is 0.225 e. The number of amides is 2. The van der Waals surface area contributed by atoms with Crippen molar-refractivity contribution in [2.24, 2.45) is 5.92 Å². The van der Waals surface area contributed by atoms with Crippen LogP contribution in [0.2, 0.25) is 5.15 Å². The summed E-state index contributed by atoms with van der Waals surface area (Å²) in [5.41, 5.74) is 0. The third-order valence-corrected chi connectivity index (χ3v) is 3.99. The molecule has 22 heavy (non-hydrogen) atoms. The van der Waals surface area contributed by atoms with Crippen LogP contribution in [0, 0.1) is 5.92 Å². The van der Waals surface area contributed by atoms with Crippen LogP contribution in [-0.4, -0.2) is 67.0 Å². The minimum atomic E-state index is -0.207. The lowest BCUT2D eigenvalue weighted by Gasteiger charge is -2.23. The zero-order chi connectivity index (χ0) is 16.1. The number of hydrogen-bond acceptors (Lipinski definition) is 5. The molecule has 2 amide bonds. The van der Waals surface area contributed by atoms with Gasteiger partial charge in [0.2, 0.25) is 11.8 Å². The van der Waals surface area contributed by atoms with Crippen molar-refractivity contribution in [3.63, 3.8) is 0 Å². The summed E-state index contributed by atoms with van der Waals surface area (Å²) >= 11 is 5.68. The molecule has 8 heteroatoms. The van der Waals surface area contributed by atoms with Gasteiger partial charge in [0.25, 0.3) is 0 Å². The standard InChI is InChI=1S/C14H21ClN4O3/c1-16-14(21)10-8-18(2)5-6-19(9-10)13(20)4-3-11-7-12(15)17-22-11/h7,10H,3-6,8-9H2,1-2H3,(H,16,21)/t10-/m0/s1. The van der Waals surface area contributed by atoms with Gasteiger partial charge in [0.1, 0.15) is 5.76 Å². The molecular weight excluding hydrogens is 308 g/mol. The topological polar surface area (TPSA) is 78.7 Å². The van der Waals surface area contributed by atoms with Gasteiger partial charge in [-0.15, -0.1) is 0 Å². The molecule has 0 unspecified atom stereocenters. The lowest BCUT2D eigenvalue weighted by atomic mass is 10.1. The van der Waals surface area contributed by atoms with Gasteiger partial charge in [0.15, 0.2) is 5.15 Å². The molecule has 0 aromatic carbocycles. The molecule has 2 heterocycles. The van der Waals surface area contributed by atoms with Crippen molar-refractivity contribution >= 4 is 23.4 Å². The van der Waals surface area contributed by atoms with Crippen LogP contribution < -0.4 is 5.32 Å². The van der Waals surface area contributed by atoms with Gasteiger partial charge < -0.3 is 19.6 Å². The normalized spacial score (nSPS) is 19.8. The van der Waals surface area contributed by atoms with Gasteiger partial charge in [0.05, 0.1) is 5.92 Å². The average Bonchev–Trinajstić information content (AvgIpc) is 2.81. The Labute approximate surface area is 134 Å². The lowest BCUT2D eigenvalue weighted by Crippen LogP contribution is -2.41. The van der Waals surface area contributed by atoms with Crippen LogP contribution in [0.1, 0.15) is 12.2 Å². The van der Waals surface area contributed by atoms with Crippen LogP contribution in [0.25, 0.3) is 0 Å². The first-order valence-corrected chi connectivity index (χ1v) is 7.66. The second-order valence-corrected chi connectivity index (χ2v) is 5.92. The van der Waals surface area contributed by atoms with E-state index in [1.54, 1.807) is 18.0 Å². The molecule has 122 valence electrons. The van der Waals surface area contributed by atoms with Gasteiger partial charge in [0, 0.05) is 52.1 Å². The number of nitrogens with zero attached hydrogens (tertiary/aromatic N) is 3. The minimum Gasteiger partial charge on any atom is -0.360 e. The van der Waals surface area contributed by atoms with Crippen molar-refractivity contribution in [2.45, 2.75) is 12.8 Å². The van der Waals surface area contributed by atoms with E-state index in [9.17, 15) is 9.59 Å². The summed E-state index contributed by atoms with van der Waals surface area (Å²) in [4.78, 5) is 28.1. The molecule has 0 saturated carbocycles. The first kappa shape index (κ1) is 16.8. The number of aromatic nitrogens is 1. The fraction of sp³-hybridized carbons (Fsp3) is 0.643. The fourth-order valence-corrected chi connectivity index (χ4v) is 2.72. The molecular formula is C14H21ClN4O3. The number of carbonyl (C=O) groups is 2. The van der Waals surface area contributed by atoms with Gasteiger partial charge in [-0.3, -0.25) is 9.59 Å². The van der Waals surface area contributed by atoms with E-state index in [1.807, 2.05) is 7.05 Å². The molecule has 7 nitrogen and oxygen atoms in total. The van der Waals surface area contributed by atoms with Gasteiger partial charge in [-0.2, -0.15) is 0 Å². The first-order chi connectivity index (χ1) is 10.5. The molecule has 0 bridgehead atoms. The van der Waals surface area contributed by atoms with E-state index in [4.69, 9.17) is 16.1 Å². The summed E-state index contributed by atoms with van der Waals surface area (Å²) in [6.07, 6.45) is 0.769. The Morgan fingerprint density at radius 2 is 2.23 bits per heavy atom. The Bertz CT molecular complexity index is 534. The highest BCUT2D eigenvalue weighted by molar-refractivity contribution is 6.29.